The lowest BCUT2D eigenvalue weighted by Gasteiger charge is -2.13. The molecule has 138 valence electrons. The lowest BCUT2D eigenvalue weighted by atomic mass is 10.1. The molecule has 2 N–H and O–H groups in total. The highest BCUT2D eigenvalue weighted by atomic mass is 16.3. The summed E-state index contributed by atoms with van der Waals surface area (Å²) in [4.78, 5) is 10.9. The highest BCUT2D eigenvalue weighted by Crippen LogP contribution is 2.35. The third-order valence-corrected chi connectivity index (χ3v) is 4.63. The number of hydrogen-bond acceptors (Lipinski definition) is 4. The number of dihydropyridines is 1. The number of rotatable bonds is 4. The van der Waals surface area contributed by atoms with Gasteiger partial charge in [-0.05, 0) is 38.7 Å². The van der Waals surface area contributed by atoms with Crippen LogP contribution in [0.25, 0.3) is 22.5 Å². The van der Waals surface area contributed by atoms with Gasteiger partial charge >= 0.3 is 0 Å². The van der Waals surface area contributed by atoms with Gasteiger partial charge < -0.3 is 15.1 Å². The van der Waals surface area contributed by atoms with E-state index in [0.717, 1.165) is 17.5 Å². The molecule has 4 rings (SSSR count). The molecule has 0 atom stereocenters. The Morgan fingerprint density at radius 1 is 1.11 bits per heavy atom. The molecule has 0 saturated carbocycles. The highest BCUT2D eigenvalue weighted by molar-refractivity contribution is 6.20. The molecule has 0 amide bonds. The zero-order chi connectivity index (χ0) is 19.0. The molecule has 1 aliphatic rings. The fraction of sp³-hybridized carbons (Fsp3) is 0.238. The van der Waals surface area contributed by atoms with Crippen molar-refractivity contribution in [1.82, 2.24) is 14.3 Å². The van der Waals surface area contributed by atoms with Crippen LogP contribution < -0.4 is 0 Å². The molecule has 2 aromatic heterocycles. The summed E-state index contributed by atoms with van der Waals surface area (Å²) < 4.78 is 1.94. The summed E-state index contributed by atoms with van der Waals surface area (Å²) in [5.74, 6) is 0.879. The van der Waals surface area contributed by atoms with E-state index in [1.54, 1.807) is 0 Å². The van der Waals surface area contributed by atoms with E-state index in [2.05, 4.69) is 4.99 Å². The summed E-state index contributed by atoms with van der Waals surface area (Å²) in [6, 6.07) is 11.5. The first kappa shape index (κ1) is 17.3. The van der Waals surface area contributed by atoms with E-state index in [4.69, 9.17) is 4.98 Å². The molecule has 0 saturated heterocycles. The van der Waals surface area contributed by atoms with Gasteiger partial charge in [0.15, 0.2) is 0 Å². The Hall–Kier alpha value is -3.12. The minimum Gasteiger partial charge on any atom is -0.507 e. The van der Waals surface area contributed by atoms with Crippen molar-refractivity contribution in [3.05, 3.63) is 59.9 Å². The Morgan fingerprint density at radius 2 is 1.96 bits per heavy atom. The van der Waals surface area contributed by atoms with Gasteiger partial charge in [-0.2, -0.15) is 0 Å². The van der Waals surface area contributed by atoms with Gasteiger partial charge in [-0.3, -0.25) is 9.39 Å². The van der Waals surface area contributed by atoms with Crippen molar-refractivity contribution < 1.29 is 10.2 Å². The molecule has 1 aliphatic heterocycles. The average molecular weight is 362 g/mol. The van der Waals surface area contributed by atoms with Crippen molar-refractivity contribution in [2.45, 2.75) is 13.0 Å². The van der Waals surface area contributed by atoms with E-state index in [1.165, 1.54) is 0 Å². The van der Waals surface area contributed by atoms with Crippen LogP contribution in [0.2, 0.25) is 0 Å². The number of aliphatic hydroxyl groups is 1. The van der Waals surface area contributed by atoms with Crippen LogP contribution in [0.5, 0.6) is 5.75 Å². The Balaban J connectivity index is 1.92. The van der Waals surface area contributed by atoms with Gasteiger partial charge in [0, 0.05) is 24.8 Å². The standard InChI is InChI=1S/C21H22N4O2/c1-24(2)13-14-7-5-8-16(19(14)26)20-23-18(15-9-6-11-22-21(15)27)17-10-3-4-12-25(17)20/h3-5,7-10,12,26H,6,11,13H2,1-2H3,(H,22,27). The molecule has 6 heteroatoms. The summed E-state index contributed by atoms with van der Waals surface area (Å²) >= 11 is 0. The lowest BCUT2D eigenvalue weighted by molar-refractivity contribution is 0.386. The number of imidazole rings is 1. The van der Waals surface area contributed by atoms with Crippen LogP contribution in [-0.4, -0.2) is 51.0 Å². The number of para-hydroxylation sites is 1. The van der Waals surface area contributed by atoms with Crippen molar-refractivity contribution in [3.8, 4) is 17.1 Å². The van der Waals surface area contributed by atoms with Crippen LogP contribution in [0, 0.1) is 0 Å². The van der Waals surface area contributed by atoms with E-state index < -0.39 is 0 Å². The molecule has 1 aromatic carbocycles. The molecule has 0 bridgehead atoms. The monoisotopic (exact) mass is 362 g/mol. The Labute approximate surface area is 157 Å². The minimum atomic E-state index is 0.0160. The van der Waals surface area contributed by atoms with E-state index in [9.17, 15) is 10.2 Å². The predicted octanol–water partition coefficient (Wildman–Crippen LogP) is 3.51. The van der Waals surface area contributed by atoms with E-state index in [-0.39, 0.29) is 11.6 Å². The average Bonchev–Trinajstić information content (AvgIpc) is 3.03. The number of nitrogens with zero attached hydrogens (tertiary/aromatic N) is 4. The predicted molar refractivity (Wildman–Crippen MR) is 107 cm³/mol. The van der Waals surface area contributed by atoms with E-state index >= 15 is 0 Å². The smallest absolute Gasteiger partial charge is 0.215 e. The third-order valence-electron chi connectivity index (χ3n) is 4.63. The van der Waals surface area contributed by atoms with Crippen LogP contribution in [-0.2, 0) is 6.54 Å². The lowest BCUT2D eigenvalue weighted by Crippen LogP contribution is -2.10. The topological polar surface area (TPSA) is 73.4 Å². The number of aromatic nitrogens is 2. The van der Waals surface area contributed by atoms with Crippen molar-refractivity contribution in [3.63, 3.8) is 0 Å². The Bertz CT molecular complexity index is 1060. The largest absolute Gasteiger partial charge is 0.507 e. The maximum atomic E-state index is 10.9. The summed E-state index contributed by atoms with van der Waals surface area (Å²) in [7, 11) is 3.93. The molecule has 0 radical (unpaired) electrons. The van der Waals surface area contributed by atoms with Crippen molar-refractivity contribution in [2.75, 3.05) is 20.6 Å². The van der Waals surface area contributed by atoms with Gasteiger partial charge in [0.1, 0.15) is 17.3 Å². The second-order valence-electron chi connectivity index (χ2n) is 6.90. The third kappa shape index (κ3) is 3.08. The van der Waals surface area contributed by atoms with Crippen molar-refractivity contribution >= 4 is 17.0 Å². The molecular formula is C21H22N4O2. The Kier molecular flexibility index (Phi) is 4.41. The van der Waals surface area contributed by atoms with Gasteiger partial charge in [-0.15, -0.1) is 0 Å². The maximum absolute atomic E-state index is 10.9. The van der Waals surface area contributed by atoms with Crippen LogP contribution in [0.4, 0.5) is 0 Å². The zero-order valence-corrected chi connectivity index (χ0v) is 15.4. The zero-order valence-electron chi connectivity index (χ0n) is 15.4. The first-order valence-corrected chi connectivity index (χ1v) is 8.93. The van der Waals surface area contributed by atoms with Crippen LogP contribution in [0.1, 0.15) is 17.7 Å². The first-order chi connectivity index (χ1) is 13.1. The maximum Gasteiger partial charge on any atom is 0.215 e. The SMILES string of the molecule is CN(C)Cc1cccc(-c2nc(C3=CCCN=C3O)c3ccccn23)c1O. The summed E-state index contributed by atoms with van der Waals surface area (Å²) in [5.41, 5.74) is 3.67. The fourth-order valence-corrected chi connectivity index (χ4v) is 3.42. The van der Waals surface area contributed by atoms with Crippen LogP contribution in [0.3, 0.4) is 0 Å². The number of aromatic hydroxyl groups is 1. The quantitative estimate of drug-likeness (QED) is 0.745. The summed E-state index contributed by atoms with van der Waals surface area (Å²) in [6.07, 6.45) is 4.64. The highest BCUT2D eigenvalue weighted by Gasteiger charge is 2.22. The minimum absolute atomic E-state index is 0.0160. The van der Waals surface area contributed by atoms with E-state index in [1.807, 2.05) is 72.1 Å². The Morgan fingerprint density at radius 3 is 2.74 bits per heavy atom. The number of pyridine rings is 1. The first-order valence-electron chi connectivity index (χ1n) is 8.93. The molecule has 0 unspecified atom stereocenters. The van der Waals surface area contributed by atoms with Crippen LogP contribution >= 0.6 is 0 Å². The molecule has 3 aromatic rings. The molecule has 3 heterocycles. The second kappa shape index (κ2) is 6.89. The summed E-state index contributed by atoms with van der Waals surface area (Å²) in [5, 5.41) is 21.1. The molecule has 0 spiro atoms. The molecule has 0 fully saturated rings. The van der Waals surface area contributed by atoms with Gasteiger partial charge in [0.2, 0.25) is 5.90 Å². The number of fused-ring (bicyclic) bond motifs is 1. The van der Waals surface area contributed by atoms with Crippen LogP contribution in [0.15, 0.2) is 53.7 Å². The van der Waals surface area contributed by atoms with Gasteiger partial charge in [0.25, 0.3) is 0 Å². The number of phenolic OH excluding ortho intramolecular Hbond substituents is 1. The number of phenols is 1. The normalized spacial score (nSPS) is 14.5. The van der Waals surface area contributed by atoms with Gasteiger partial charge in [-0.1, -0.05) is 24.3 Å². The second-order valence-corrected chi connectivity index (χ2v) is 6.90. The number of aliphatic hydroxyl groups excluding tert-OH is 1. The number of aliphatic imine (C=N–C) groups is 1. The number of benzene rings is 1. The van der Waals surface area contributed by atoms with Crippen molar-refractivity contribution in [2.24, 2.45) is 4.99 Å². The molecule has 27 heavy (non-hydrogen) atoms. The molecule has 0 aliphatic carbocycles. The van der Waals surface area contributed by atoms with E-state index in [0.29, 0.717) is 35.7 Å². The summed E-state index contributed by atoms with van der Waals surface area (Å²) in [6.45, 7) is 1.22. The van der Waals surface area contributed by atoms with Gasteiger partial charge in [0.05, 0.1) is 16.7 Å². The fourth-order valence-electron chi connectivity index (χ4n) is 3.42. The molecular weight excluding hydrogens is 340 g/mol. The van der Waals surface area contributed by atoms with Crippen molar-refractivity contribution in [1.29, 1.82) is 0 Å². The number of hydrogen-bond donors (Lipinski definition) is 2. The molecule has 6 nitrogen and oxygen atoms in total. The van der Waals surface area contributed by atoms with Gasteiger partial charge in [-0.25, -0.2) is 4.98 Å².